The number of aliphatic hydroxyl groups is 1. The summed E-state index contributed by atoms with van der Waals surface area (Å²) in [5, 5.41) is 11.3. The first-order chi connectivity index (χ1) is 10.7. The standard InChI is InChI=1S/C19H20O3/c1-21-15-10-8-14(9-11-15)19(20)17-7-3-2-6-16(17)18(22-19)12-4-5-13-18/h2-3,6-11,20H,4-5,12-13H2,1H3. The van der Waals surface area contributed by atoms with Gasteiger partial charge in [0.25, 0.3) is 0 Å². The minimum atomic E-state index is -1.37. The van der Waals surface area contributed by atoms with Gasteiger partial charge < -0.3 is 14.6 Å². The van der Waals surface area contributed by atoms with Gasteiger partial charge in [-0.2, -0.15) is 0 Å². The van der Waals surface area contributed by atoms with Crippen LogP contribution in [0.2, 0.25) is 0 Å². The van der Waals surface area contributed by atoms with E-state index in [-0.39, 0.29) is 5.60 Å². The van der Waals surface area contributed by atoms with Gasteiger partial charge in [-0.25, -0.2) is 0 Å². The topological polar surface area (TPSA) is 38.7 Å². The normalized spacial score (nSPS) is 25.4. The lowest BCUT2D eigenvalue weighted by Crippen LogP contribution is -2.31. The highest BCUT2D eigenvalue weighted by molar-refractivity contribution is 5.47. The van der Waals surface area contributed by atoms with Crippen molar-refractivity contribution in [3.8, 4) is 5.75 Å². The van der Waals surface area contributed by atoms with Crippen molar-refractivity contribution >= 4 is 0 Å². The monoisotopic (exact) mass is 296 g/mol. The zero-order valence-electron chi connectivity index (χ0n) is 12.7. The van der Waals surface area contributed by atoms with Crippen molar-refractivity contribution in [2.24, 2.45) is 0 Å². The molecule has 1 atom stereocenters. The number of methoxy groups -OCH3 is 1. The van der Waals surface area contributed by atoms with Crippen LogP contribution in [0.4, 0.5) is 0 Å². The molecule has 114 valence electrons. The van der Waals surface area contributed by atoms with E-state index in [4.69, 9.17) is 9.47 Å². The van der Waals surface area contributed by atoms with Gasteiger partial charge in [0.2, 0.25) is 5.79 Å². The minimum absolute atomic E-state index is 0.328. The Balaban J connectivity index is 1.84. The quantitative estimate of drug-likeness (QED) is 0.918. The molecule has 1 aliphatic carbocycles. The van der Waals surface area contributed by atoms with Crippen LogP contribution in [-0.4, -0.2) is 12.2 Å². The Bertz CT molecular complexity index is 686. The third-order valence-electron chi connectivity index (χ3n) is 5.02. The summed E-state index contributed by atoms with van der Waals surface area (Å²) >= 11 is 0. The molecule has 4 rings (SSSR count). The molecule has 1 fully saturated rings. The molecule has 1 unspecified atom stereocenters. The first kappa shape index (κ1) is 13.8. The Morgan fingerprint density at radius 2 is 1.59 bits per heavy atom. The van der Waals surface area contributed by atoms with Gasteiger partial charge in [-0.1, -0.05) is 37.1 Å². The lowest BCUT2D eigenvalue weighted by Gasteiger charge is -2.30. The number of benzene rings is 2. The molecule has 1 aliphatic heterocycles. The van der Waals surface area contributed by atoms with Crippen molar-refractivity contribution in [3.05, 3.63) is 65.2 Å². The van der Waals surface area contributed by atoms with Crippen LogP contribution in [0.5, 0.6) is 5.75 Å². The molecule has 2 aliphatic rings. The number of hydrogen-bond donors (Lipinski definition) is 1. The number of rotatable bonds is 2. The van der Waals surface area contributed by atoms with Crippen molar-refractivity contribution in [3.63, 3.8) is 0 Å². The summed E-state index contributed by atoms with van der Waals surface area (Å²) in [6.07, 6.45) is 4.24. The Kier molecular flexibility index (Phi) is 3.03. The molecule has 0 radical (unpaired) electrons. The predicted octanol–water partition coefficient (Wildman–Crippen LogP) is 3.69. The molecule has 0 bridgehead atoms. The van der Waals surface area contributed by atoms with Gasteiger partial charge in [0.05, 0.1) is 12.7 Å². The molecule has 0 aromatic heterocycles. The van der Waals surface area contributed by atoms with Gasteiger partial charge in [-0.3, -0.25) is 0 Å². The maximum atomic E-state index is 11.3. The number of fused-ring (bicyclic) bond motifs is 2. The maximum absolute atomic E-state index is 11.3. The predicted molar refractivity (Wildman–Crippen MR) is 83.7 cm³/mol. The summed E-state index contributed by atoms with van der Waals surface area (Å²) in [6.45, 7) is 0. The first-order valence-corrected chi connectivity index (χ1v) is 7.85. The number of ether oxygens (including phenoxy) is 2. The third-order valence-corrected chi connectivity index (χ3v) is 5.02. The van der Waals surface area contributed by atoms with E-state index >= 15 is 0 Å². The van der Waals surface area contributed by atoms with E-state index in [1.54, 1.807) is 7.11 Å². The second-order valence-corrected chi connectivity index (χ2v) is 6.22. The highest BCUT2D eigenvalue weighted by atomic mass is 16.6. The molecular formula is C19H20O3. The largest absolute Gasteiger partial charge is 0.497 e. The summed E-state index contributed by atoms with van der Waals surface area (Å²) < 4.78 is 11.5. The van der Waals surface area contributed by atoms with Crippen molar-refractivity contribution in [1.29, 1.82) is 0 Å². The molecule has 1 saturated carbocycles. The van der Waals surface area contributed by atoms with Crippen LogP contribution in [0.3, 0.4) is 0 Å². The Morgan fingerprint density at radius 3 is 2.23 bits per heavy atom. The fourth-order valence-electron chi connectivity index (χ4n) is 3.92. The summed E-state index contributed by atoms with van der Waals surface area (Å²) in [4.78, 5) is 0. The molecule has 3 nitrogen and oxygen atoms in total. The summed E-state index contributed by atoms with van der Waals surface area (Å²) in [5.41, 5.74) is 2.45. The summed E-state index contributed by atoms with van der Waals surface area (Å²) in [6, 6.07) is 15.5. The smallest absolute Gasteiger partial charge is 0.221 e. The maximum Gasteiger partial charge on any atom is 0.221 e. The third kappa shape index (κ3) is 1.82. The zero-order chi connectivity index (χ0) is 15.2. The highest BCUT2D eigenvalue weighted by Gasteiger charge is 2.54. The zero-order valence-corrected chi connectivity index (χ0v) is 12.7. The molecule has 0 saturated heterocycles. The number of hydrogen-bond acceptors (Lipinski definition) is 3. The van der Waals surface area contributed by atoms with Crippen LogP contribution >= 0.6 is 0 Å². The Morgan fingerprint density at radius 1 is 0.955 bits per heavy atom. The Hall–Kier alpha value is -1.84. The van der Waals surface area contributed by atoms with E-state index in [9.17, 15) is 5.11 Å². The van der Waals surface area contributed by atoms with Crippen LogP contribution in [0, 0.1) is 0 Å². The Labute approximate surface area is 130 Å². The van der Waals surface area contributed by atoms with Crippen LogP contribution in [-0.2, 0) is 16.1 Å². The average molecular weight is 296 g/mol. The lowest BCUT2D eigenvalue weighted by atomic mass is 9.88. The van der Waals surface area contributed by atoms with Gasteiger partial charge >= 0.3 is 0 Å². The summed E-state index contributed by atoms with van der Waals surface area (Å²) in [7, 11) is 1.64. The van der Waals surface area contributed by atoms with E-state index < -0.39 is 5.79 Å². The second kappa shape index (κ2) is 4.83. The molecule has 1 heterocycles. The molecule has 22 heavy (non-hydrogen) atoms. The average Bonchev–Trinajstić information content (AvgIpc) is 3.13. The fraction of sp³-hybridized carbons (Fsp3) is 0.368. The van der Waals surface area contributed by atoms with Gasteiger partial charge in [-0.05, 0) is 42.7 Å². The van der Waals surface area contributed by atoms with E-state index in [1.165, 1.54) is 0 Å². The second-order valence-electron chi connectivity index (χ2n) is 6.22. The van der Waals surface area contributed by atoms with Crippen molar-refractivity contribution in [1.82, 2.24) is 0 Å². The fourth-order valence-corrected chi connectivity index (χ4v) is 3.92. The van der Waals surface area contributed by atoms with E-state index in [0.717, 1.165) is 48.1 Å². The molecule has 2 aromatic rings. The summed E-state index contributed by atoms with van der Waals surface area (Å²) in [5.74, 6) is -0.595. The van der Waals surface area contributed by atoms with Crippen molar-refractivity contribution < 1.29 is 14.6 Å². The molecule has 1 N–H and O–H groups in total. The molecule has 1 spiro atoms. The van der Waals surface area contributed by atoms with Gasteiger partial charge in [-0.15, -0.1) is 0 Å². The van der Waals surface area contributed by atoms with E-state index in [2.05, 4.69) is 6.07 Å². The van der Waals surface area contributed by atoms with Gasteiger partial charge in [0.1, 0.15) is 5.75 Å². The van der Waals surface area contributed by atoms with E-state index in [0.29, 0.717) is 0 Å². The van der Waals surface area contributed by atoms with Crippen LogP contribution in [0.15, 0.2) is 48.5 Å². The van der Waals surface area contributed by atoms with Crippen molar-refractivity contribution in [2.45, 2.75) is 37.1 Å². The first-order valence-electron chi connectivity index (χ1n) is 7.85. The van der Waals surface area contributed by atoms with E-state index in [1.807, 2.05) is 42.5 Å². The van der Waals surface area contributed by atoms with Gasteiger partial charge in [0, 0.05) is 11.1 Å². The minimum Gasteiger partial charge on any atom is -0.497 e. The van der Waals surface area contributed by atoms with Gasteiger partial charge in [0.15, 0.2) is 0 Å². The van der Waals surface area contributed by atoms with Crippen LogP contribution in [0.1, 0.15) is 42.4 Å². The molecule has 2 aromatic carbocycles. The molecule has 3 heteroatoms. The highest BCUT2D eigenvalue weighted by Crippen LogP contribution is 2.55. The van der Waals surface area contributed by atoms with Crippen LogP contribution < -0.4 is 4.74 Å². The lowest BCUT2D eigenvalue weighted by molar-refractivity contribution is -0.231. The molecular weight excluding hydrogens is 276 g/mol. The van der Waals surface area contributed by atoms with Crippen molar-refractivity contribution in [2.75, 3.05) is 7.11 Å². The SMILES string of the molecule is COc1ccc(C2(O)OC3(CCCC3)c3ccccc32)cc1. The van der Waals surface area contributed by atoms with Crippen LogP contribution in [0.25, 0.3) is 0 Å². The molecule has 0 amide bonds.